The van der Waals surface area contributed by atoms with Crippen molar-refractivity contribution in [2.45, 2.75) is 32.0 Å². The Bertz CT molecular complexity index is 1030. The number of phenols is 1. The molecule has 148 valence electrons. The van der Waals surface area contributed by atoms with Crippen LogP contribution in [-0.4, -0.2) is 10.8 Å². The van der Waals surface area contributed by atoms with E-state index < -0.39 is 0 Å². The number of aromatic hydroxyl groups is 1. The summed E-state index contributed by atoms with van der Waals surface area (Å²) in [5.74, 6) is 0.294. The van der Waals surface area contributed by atoms with Gasteiger partial charge in [0.2, 0.25) is 0 Å². The third-order valence-electron chi connectivity index (χ3n) is 5.29. The highest BCUT2D eigenvalue weighted by Crippen LogP contribution is 2.36. The molecule has 0 aromatic heterocycles. The van der Waals surface area contributed by atoms with E-state index in [0.717, 1.165) is 37.8 Å². The van der Waals surface area contributed by atoms with Crippen molar-refractivity contribution in [3.8, 4) is 5.75 Å². The zero-order chi connectivity index (χ0) is 20.4. The molecule has 3 aromatic carbocycles. The van der Waals surface area contributed by atoms with E-state index in [1.165, 1.54) is 5.56 Å². The van der Waals surface area contributed by atoms with Gasteiger partial charge in [0.25, 0.3) is 0 Å². The van der Waals surface area contributed by atoms with Gasteiger partial charge in [-0.25, -0.2) is 0 Å². The number of hydrogen-bond acceptors (Lipinski definition) is 3. The summed E-state index contributed by atoms with van der Waals surface area (Å²) in [4.78, 5) is 5.03. The number of rotatable bonds is 4. The number of halogens is 2. The highest BCUT2D eigenvalue weighted by atomic mass is 79.9. The maximum Gasteiger partial charge on any atom is 0.126 e. The molecule has 3 aromatic rings. The molecule has 0 bridgehead atoms. The van der Waals surface area contributed by atoms with E-state index in [4.69, 9.17) is 4.99 Å². The molecular weight excluding hydrogens is 492 g/mol. The quantitative estimate of drug-likeness (QED) is 0.407. The lowest BCUT2D eigenvalue weighted by Gasteiger charge is -2.31. The van der Waals surface area contributed by atoms with Gasteiger partial charge in [0.05, 0.1) is 0 Å². The van der Waals surface area contributed by atoms with Gasteiger partial charge in [-0.15, -0.1) is 0 Å². The normalized spacial score (nSPS) is 19.1. The van der Waals surface area contributed by atoms with E-state index in [9.17, 15) is 5.11 Å². The van der Waals surface area contributed by atoms with Crippen LogP contribution in [0.3, 0.4) is 0 Å². The predicted molar refractivity (Wildman–Crippen MR) is 126 cm³/mol. The van der Waals surface area contributed by atoms with Crippen LogP contribution in [0.15, 0.2) is 80.7 Å². The summed E-state index contributed by atoms with van der Waals surface area (Å²) in [5.41, 5.74) is 5.46. The molecule has 5 heteroatoms. The van der Waals surface area contributed by atoms with E-state index in [2.05, 4.69) is 80.5 Å². The number of aliphatic imine (C=N–C) groups is 1. The number of aryl methyl sites for hydroxylation is 1. The zero-order valence-electron chi connectivity index (χ0n) is 16.1. The first-order valence-electron chi connectivity index (χ1n) is 9.69. The molecular formula is C24H22Br2N2O. The topological polar surface area (TPSA) is 44.6 Å². The molecule has 1 heterocycles. The molecule has 0 unspecified atom stereocenters. The Hall–Kier alpha value is -1.95. The minimum Gasteiger partial charge on any atom is -0.508 e. The van der Waals surface area contributed by atoms with Crippen LogP contribution in [0, 0.1) is 0 Å². The Balaban J connectivity index is 1.75. The van der Waals surface area contributed by atoms with Gasteiger partial charge in [-0.3, -0.25) is 10.3 Å². The number of benzene rings is 3. The fraction of sp³-hybridized carbons (Fsp3) is 0.208. The summed E-state index contributed by atoms with van der Waals surface area (Å²) in [5, 5.41) is 14.1. The van der Waals surface area contributed by atoms with Crippen LogP contribution in [0.2, 0.25) is 0 Å². The van der Waals surface area contributed by atoms with Crippen molar-refractivity contribution in [1.29, 1.82) is 0 Å². The summed E-state index contributed by atoms with van der Waals surface area (Å²) in [6, 6.07) is 22.4. The molecule has 0 fully saturated rings. The molecule has 1 aliphatic rings. The van der Waals surface area contributed by atoms with E-state index in [1.54, 1.807) is 6.07 Å². The Morgan fingerprint density at radius 1 is 0.966 bits per heavy atom. The predicted octanol–water partition coefficient (Wildman–Crippen LogP) is 6.70. The average Bonchev–Trinajstić information content (AvgIpc) is 2.75. The van der Waals surface area contributed by atoms with Gasteiger partial charge in [-0.1, -0.05) is 75.2 Å². The molecule has 0 saturated heterocycles. The Morgan fingerprint density at radius 2 is 1.66 bits per heavy atom. The van der Waals surface area contributed by atoms with Crippen LogP contribution in [0.25, 0.3) is 0 Å². The van der Waals surface area contributed by atoms with Gasteiger partial charge in [0.1, 0.15) is 11.9 Å². The van der Waals surface area contributed by atoms with E-state index >= 15 is 0 Å². The third-order valence-corrected chi connectivity index (χ3v) is 6.31. The van der Waals surface area contributed by atoms with Crippen molar-refractivity contribution in [2.24, 2.45) is 4.99 Å². The lowest BCUT2D eigenvalue weighted by Crippen LogP contribution is -2.33. The van der Waals surface area contributed by atoms with Crippen molar-refractivity contribution in [3.63, 3.8) is 0 Å². The molecule has 0 amide bonds. The number of nitrogens with one attached hydrogen (secondary N) is 1. The number of hydrogen-bond donors (Lipinski definition) is 2. The van der Waals surface area contributed by atoms with Crippen LogP contribution in [0.1, 0.15) is 47.8 Å². The second-order valence-electron chi connectivity index (χ2n) is 7.21. The van der Waals surface area contributed by atoms with Gasteiger partial charge in [0.15, 0.2) is 0 Å². The van der Waals surface area contributed by atoms with Gasteiger partial charge < -0.3 is 5.11 Å². The van der Waals surface area contributed by atoms with Gasteiger partial charge in [-0.05, 0) is 53.4 Å². The first-order chi connectivity index (χ1) is 14.0. The molecule has 4 rings (SSSR count). The first-order valence-corrected chi connectivity index (χ1v) is 11.3. The molecule has 0 aliphatic carbocycles. The van der Waals surface area contributed by atoms with Crippen LogP contribution >= 0.6 is 31.9 Å². The molecule has 29 heavy (non-hydrogen) atoms. The molecule has 2 N–H and O–H groups in total. The molecule has 3 nitrogen and oxygen atoms in total. The molecule has 0 radical (unpaired) electrons. The van der Waals surface area contributed by atoms with E-state index in [-0.39, 0.29) is 12.2 Å². The highest BCUT2D eigenvalue weighted by Gasteiger charge is 2.27. The molecule has 0 spiro atoms. The van der Waals surface area contributed by atoms with Gasteiger partial charge in [0, 0.05) is 32.7 Å². The fourth-order valence-electron chi connectivity index (χ4n) is 3.63. The highest BCUT2D eigenvalue weighted by molar-refractivity contribution is 9.10. The van der Waals surface area contributed by atoms with Crippen LogP contribution in [0.4, 0.5) is 0 Å². The van der Waals surface area contributed by atoms with Crippen molar-refractivity contribution in [1.82, 2.24) is 5.32 Å². The van der Waals surface area contributed by atoms with E-state index in [0.29, 0.717) is 12.2 Å². The fourth-order valence-corrected chi connectivity index (χ4v) is 4.28. The van der Waals surface area contributed by atoms with Crippen molar-refractivity contribution >= 4 is 37.6 Å². The minimum absolute atomic E-state index is 0.0421. The zero-order valence-corrected chi connectivity index (χ0v) is 19.2. The van der Waals surface area contributed by atoms with Gasteiger partial charge >= 0.3 is 0 Å². The first kappa shape index (κ1) is 20.3. The summed E-state index contributed by atoms with van der Waals surface area (Å²) in [6.45, 7) is 2.16. The smallest absolute Gasteiger partial charge is 0.126 e. The Labute approximate surface area is 188 Å². The summed E-state index contributed by atoms with van der Waals surface area (Å²) in [6.07, 6.45) is 1.55. The maximum absolute atomic E-state index is 10.5. The SMILES string of the molecule is CCc1ccc(C2=N[C@@H](c3ccc(Br)cc3)N[C@@H](c3cc(Br)ccc3O)C2)cc1. The second kappa shape index (κ2) is 8.82. The van der Waals surface area contributed by atoms with Crippen LogP contribution in [-0.2, 0) is 6.42 Å². The molecule has 1 aliphatic heterocycles. The van der Waals surface area contributed by atoms with Crippen molar-refractivity contribution < 1.29 is 5.11 Å². The minimum atomic E-state index is -0.180. The van der Waals surface area contributed by atoms with E-state index in [1.807, 2.05) is 24.3 Å². The maximum atomic E-state index is 10.5. The Morgan fingerprint density at radius 3 is 2.34 bits per heavy atom. The number of phenolic OH excluding ortho intramolecular Hbond substituents is 1. The van der Waals surface area contributed by atoms with Crippen LogP contribution < -0.4 is 5.32 Å². The summed E-state index contributed by atoms with van der Waals surface area (Å²) < 4.78 is 1.99. The lowest BCUT2D eigenvalue weighted by atomic mass is 9.93. The largest absolute Gasteiger partial charge is 0.508 e. The summed E-state index contributed by atoms with van der Waals surface area (Å²) >= 11 is 7.04. The summed E-state index contributed by atoms with van der Waals surface area (Å²) in [7, 11) is 0. The standard InChI is InChI=1S/C24H22Br2N2O/c1-2-15-3-5-16(6-4-15)21-14-22(20-13-19(26)11-12-23(20)29)28-24(27-21)17-7-9-18(25)10-8-17/h3-13,22,24,28-29H,2,14H2,1H3/t22-,24-/m1/s1. The second-order valence-corrected chi connectivity index (χ2v) is 9.04. The third kappa shape index (κ3) is 4.63. The number of nitrogens with zero attached hydrogens (tertiary/aromatic N) is 1. The Kier molecular flexibility index (Phi) is 6.18. The molecule has 2 atom stereocenters. The van der Waals surface area contributed by atoms with Crippen molar-refractivity contribution in [3.05, 3.63) is 97.9 Å². The lowest BCUT2D eigenvalue weighted by molar-refractivity contribution is 0.412. The van der Waals surface area contributed by atoms with Crippen molar-refractivity contribution in [2.75, 3.05) is 0 Å². The van der Waals surface area contributed by atoms with Crippen LogP contribution in [0.5, 0.6) is 5.75 Å². The average molecular weight is 514 g/mol. The van der Waals surface area contributed by atoms with Gasteiger partial charge in [-0.2, -0.15) is 0 Å². The monoisotopic (exact) mass is 512 g/mol. The molecule has 0 saturated carbocycles.